The normalized spacial score (nSPS) is 27.6. The lowest BCUT2D eigenvalue weighted by molar-refractivity contribution is -0.0496. The third kappa shape index (κ3) is 3.22. The number of aromatic nitrogens is 1. The van der Waals surface area contributed by atoms with Crippen LogP contribution in [0.15, 0.2) is 48.7 Å². The number of amides is 2. The summed E-state index contributed by atoms with van der Waals surface area (Å²) in [7, 11) is 0. The number of hydrogen-bond acceptors (Lipinski definition) is 4. The third-order valence-electron chi connectivity index (χ3n) is 6.30. The summed E-state index contributed by atoms with van der Waals surface area (Å²) in [5, 5.41) is 13.7. The fourth-order valence-corrected chi connectivity index (χ4v) is 4.56. The maximum absolute atomic E-state index is 12.7. The fraction of sp³-hybridized carbons (Fsp3) is 0.455. The maximum Gasteiger partial charge on any atom is 0.317 e. The molecule has 3 heterocycles. The predicted octanol–water partition coefficient (Wildman–Crippen LogP) is 3.00. The van der Waals surface area contributed by atoms with E-state index in [2.05, 4.69) is 22.4 Å². The zero-order chi connectivity index (χ0) is 19.1. The molecule has 2 fully saturated rings. The number of hydrogen-bond donors (Lipinski definition) is 2. The van der Waals surface area contributed by atoms with E-state index in [-0.39, 0.29) is 12.1 Å². The van der Waals surface area contributed by atoms with Gasteiger partial charge < -0.3 is 20.1 Å². The Morgan fingerprint density at radius 1 is 1.18 bits per heavy atom. The van der Waals surface area contributed by atoms with Crippen molar-refractivity contribution in [3.05, 3.63) is 59.9 Å². The van der Waals surface area contributed by atoms with Crippen molar-refractivity contribution in [1.29, 1.82) is 0 Å². The van der Waals surface area contributed by atoms with Crippen LogP contribution in [0, 0.1) is 0 Å². The summed E-state index contributed by atoms with van der Waals surface area (Å²) >= 11 is 0. The lowest BCUT2D eigenvalue weighted by Crippen LogP contribution is -2.54. The van der Waals surface area contributed by atoms with Crippen molar-refractivity contribution in [3.8, 4) is 5.75 Å². The molecule has 3 aliphatic rings. The lowest BCUT2D eigenvalue weighted by atomic mass is 9.83. The van der Waals surface area contributed by atoms with Crippen LogP contribution in [-0.2, 0) is 0 Å². The minimum absolute atomic E-state index is 0.0108. The van der Waals surface area contributed by atoms with Crippen LogP contribution in [0.5, 0.6) is 5.75 Å². The van der Waals surface area contributed by atoms with E-state index in [1.54, 1.807) is 6.20 Å². The molecular weight excluding hydrogens is 354 g/mol. The van der Waals surface area contributed by atoms with Gasteiger partial charge in [0.2, 0.25) is 0 Å². The molecule has 6 nitrogen and oxygen atoms in total. The number of urea groups is 1. The number of likely N-dealkylation sites (tertiary alicyclic amines) is 1. The average molecular weight is 379 g/mol. The van der Waals surface area contributed by atoms with Crippen LogP contribution in [0.4, 0.5) is 4.79 Å². The molecule has 1 unspecified atom stereocenters. The van der Waals surface area contributed by atoms with Gasteiger partial charge in [-0.3, -0.25) is 4.98 Å². The zero-order valence-corrected chi connectivity index (χ0v) is 15.8. The van der Waals surface area contributed by atoms with E-state index in [4.69, 9.17) is 4.74 Å². The average Bonchev–Trinajstić information content (AvgIpc) is 3.48. The summed E-state index contributed by atoms with van der Waals surface area (Å²) in [5.41, 5.74) is 1.51. The molecule has 2 amide bonds. The molecule has 1 aromatic heterocycles. The first-order valence-electron chi connectivity index (χ1n) is 10.1. The van der Waals surface area contributed by atoms with Crippen LogP contribution in [0.2, 0.25) is 0 Å². The van der Waals surface area contributed by atoms with Crippen molar-refractivity contribution in [2.45, 2.75) is 49.3 Å². The van der Waals surface area contributed by atoms with E-state index in [9.17, 15) is 9.90 Å². The molecule has 28 heavy (non-hydrogen) atoms. The van der Waals surface area contributed by atoms with Crippen LogP contribution in [0.1, 0.15) is 49.0 Å². The van der Waals surface area contributed by atoms with Gasteiger partial charge in [-0.1, -0.05) is 30.3 Å². The number of ether oxygens (including phenoxy) is 1. The Bertz CT molecular complexity index is 864. The Hall–Kier alpha value is -2.60. The molecule has 1 aromatic carbocycles. The van der Waals surface area contributed by atoms with Crippen LogP contribution in [0.25, 0.3) is 0 Å². The number of nitrogens with one attached hydrogen (secondary N) is 1. The van der Waals surface area contributed by atoms with Crippen molar-refractivity contribution in [2.75, 3.05) is 13.1 Å². The van der Waals surface area contributed by atoms with Crippen LogP contribution in [0.3, 0.4) is 0 Å². The van der Waals surface area contributed by atoms with E-state index in [1.165, 1.54) is 5.56 Å². The number of fused-ring (bicyclic) bond motifs is 1. The largest absolute Gasteiger partial charge is 0.485 e. The second-order valence-corrected chi connectivity index (χ2v) is 8.19. The Morgan fingerprint density at radius 3 is 2.75 bits per heavy atom. The number of carbonyl (C=O) groups is 1. The molecule has 0 bridgehead atoms. The van der Waals surface area contributed by atoms with Crippen LogP contribution >= 0.6 is 0 Å². The number of nitrogens with zero attached hydrogens (tertiary/aromatic N) is 2. The van der Waals surface area contributed by atoms with Gasteiger partial charge in [-0.05, 0) is 24.1 Å². The molecule has 3 atom stereocenters. The smallest absolute Gasteiger partial charge is 0.317 e. The van der Waals surface area contributed by atoms with Crippen molar-refractivity contribution < 1.29 is 14.6 Å². The minimum Gasteiger partial charge on any atom is -0.485 e. The molecule has 146 valence electrons. The molecular formula is C22H25N3O3. The van der Waals surface area contributed by atoms with Gasteiger partial charge in [0.1, 0.15) is 23.1 Å². The molecule has 2 aromatic rings. The van der Waals surface area contributed by atoms with E-state index < -0.39 is 11.7 Å². The van der Waals surface area contributed by atoms with E-state index in [1.807, 2.05) is 35.2 Å². The molecule has 1 spiro atoms. The van der Waals surface area contributed by atoms with Gasteiger partial charge in [0.25, 0.3) is 0 Å². The molecule has 1 saturated heterocycles. The van der Waals surface area contributed by atoms with E-state index in [0.717, 1.165) is 19.3 Å². The number of aliphatic hydroxyl groups is 1. The first-order chi connectivity index (χ1) is 13.6. The minimum atomic E-state index is -0.608. The Morgan fingerprint density at radius 2 is 1.96 bits per heavy atom. The van der Waals surface area contributed by atoms with Gasteiger partial charge in [0.15, 0.2) is 0 Å². The summed E-state index contributed by atoms with van der Waals surface area (Å²) in [5.74, 6) is 1.10. The van der Waals surface area contributed by atoms with Gasteiger partial charge in [-0.2, -0.15) is 0 Å². The first kappa shape index (κ1) is 17.5. The highest BCUT2D eigenvalue weighted by atomic mass is 16.5. The van der Waals surface area contributed by atoms with Crippen molar-refractivity contribution in [3.63, 3.8) is 0 Å². The highest BCUT2D eigenvalue weighted by Crippen LogP contribution is 2.44. The molecule has 2 N–H and O–H groups in total. The number of carbonyl (C=O) groups excluding carboxylic acids is 1. The van der Waals surface area contributed by atoms with Crippen molar-refractivity contribution >= 4 is 6.03 Å². The molecule has 6 heteroatoms. The molecule has 0 radical (unpaired) electrons. The number of aliphatic hydroxyl groups excluding tert-OH is 1. The summed E-state index contributed by atoms with van der Waals surface area (Å²) in [6.07, 6.45) is 4.05. The summed E-state index contributed by atoms with van der Waals surface area (Å²) in [6.45, 7) is 1.27. The van der Waals surface area contributed by atoms with Crippen molar-refractivity contribution in [1.82, 2.24) is 15.2 Å². The second kappa shape index (κ2) is 6.78. The van der Waals surface area contributed by atoms with Crippen LogP contribution < -0.4 is 10.1 Å². The van der Waals surface area contributed by atoms with Crippen molar-refractivity contribution in [2.24, 2.45) is 0 Å². The van der Waals surface area contributed by atoms with Crippen LogP contribution in [-0.4, -0.2) is 45.8 Å². The Kier molecular flexibility index (Phi) is 4.23. The van der Waals surface area contributed by atoms with E-state index in [0.29, 0.717) is 36.9 Å². The summed E-state index contributed by atoms with van der Waals surface area (Å²) in [6, 6.07) is 14.3. The number of piperidine rings is 1. The van der Waals surface area contributed by atoms with Gasteiger partial charge in [-0.25, -0.2) is 4.79 Å². The van der Waals surface area contributed by atoms with Gasteiger partial charge >= 0.3 is 6.03 Å². The molecule has 2 aliphatic heterocycles. The topological polar surface area (TPSA) is 74.7 Å². The predicted molar refractivity (Wildman–Crippen MR) is 104 cm³/mol. The van der Waals surface area contributed by atoms with Gasteiger partial charge in [-0.15, -0.1) is 0 Å². The summed E-state index contributed by atoms with van der Waals surface area (Å²) < 4.78 is 6.25. The summed E-state index contributed by atoms with van der Waals surface area (Å²) in [4.78, 5) is 18.8. The zero-order valence-electron chi connectivity index (χ0n) is 15.8. The standard InChI is InChI=1S/C22H25N3O3/c26-18-14-22(28-19-7-4-10-23-20(18)19)8-11-25(12-9-22)21(27)24-17-13-16(17)15-5-2-1-3-6-15/h1-7,10,16-18,26H,8-9,11-14H2,(H,24,27)/t16-,17+,18?/m1/s1. The number of pyridine rings is 1. The highest BCUT2D eigenvalue weighted by Gasteiger charge is 2.45. The molecule has 1 saturated carbocycles. The van der Waals surface area contributed by atoms with E-state index >= 15 is 0 Å². The first-order valence-corrected chi connectivity index (χ1v) is 10.1. The number of benzene rings is 1. The number of rotatable bonds is 2. The SMILES string of the molecule is O=C(N[C@H]1C[C@@H]1c1ccccc1)N1CCC2(CC1)CC(O)c1ncccc1O2. The lowest BCUT2D eigenvalue weighted by Gasteiger charge is -2.45. The molecule has 5 rings (SSSR count). The molecule has 1 aliphatic carbocycles. The maximum atomic E-state index is 12.7. The second-order valence-electron chi connectivity index (χ2n) is 8.19. The fourth-order valence-electron chi connectivity index (χ4n) is 4.56. The van der Waals surface area contributed by atoms with Gasteiger partial charge in [0, 0.05) is 50.5 Å². The monoisotopic (exact) mass is 379 g/mol. The van der Waals surface area contributed by atoms with Gasteiger partial charge in [0.05, 0.1) is 0 Å². The third-order valence-corrected chi connectivity index (χ3v) is 6.30. The quantitative estimate of drug-likeness (QED) is 0.841. The Labute approximate surface area is 164 Å². The highest BCUT2D eigenvalue weighted by molar-refractivity contribution is 5.75. The Balaban J connectivity index is 1.17.